The molecule has 12 heavy (non-hydrogen) atoms. The Labute approximate surface area is 66.1 Å². The van der Waals surface area contributed by atoms with Crippen LogP contribution in [0.15, 0.2) is 12.2 Å². The van der Waals surface area contributed by atoms with Gasteiger partial charge >= 0.3 is 6.18 Å². The van der Waals surface area contributed by atoms with Gasteiger partial charge in [0.1, 0.15) is 5.41 Å². The lowest BCUT2D eigenvalue weighted by atomic mass is 9.86. The minimum Gasteiger partial charge on any atom is -0.205 e. The second-order valence-corrected chi connectivity index (χ2v) is 3.01. The first-order chi connectivity index (χ1) is 5.21. The van der Waals surface area contributed by atoms with Crippen molar-refractivity contribution in [2.75, 3.05) is 0 Å². The normalized spacial score (nSPS) is 34.2. The Morgan fingerprint density at radius 1 is 1.25 bits per heavy atom. The van der Waals surface area contributed by atoms with Crippen LogP contribution in [0.5, 0.6) is 0 Å². The smallest absolute Gasteiger partial charge is 0.205 e. The van der Waals surface area contributed by atoms with Crippen molar-refractivity contribution < 1.29 is 22.0 Å². The Bertz CT molecular complexity index is 214. The molecule has 70 valence electrons. The number of hydrogen-bond acceptors (Lipinski definition) is 0. The zero-order valence-electron chi connectivity index (χ0n) is 6.25. The zero-order valence-corrected chi connectivity index (χ0v) is 6.25. The van der Waals surface area contributed by atoms with Gasteiger partial charge in [-0.2, -0.15) is 13.2 Å². The Hall–Kier alpha value is -0.610. The largest absolute Gasteiger partial charge is 0.403 e. The Kier molecular flexibility index (Phi) is 1.74. The second kappa shape index (κ2) is 2.20. The summed E-state index contributed by atoms with van der Waals surface area (Å²) in [6.45, 7) is 0.510. The van der Waals surface area contributed by atoms with Crippen molar-refractivity contribution >= 4 is 0 Å². The lowest BCUT2D eigenvalue weighted by Crippen LogP contribution is -2.45. The average Bonchev–Trinajstić information content (AvgIpc) is 2.07. The van der Waals surface area contributed by atoms with Gasteiger partial charge in [0.2, 0.25) is 0 Å². The fourth-order valence-electron chi connectivity index (χ4n) is 1.08. The van der Waals surface area contributed by atoms with Crippen LogP contribution >= 0.6 is 0 Å². The highest BCUT2D eigenvalue weighted by molar-refractivity contribution is 5.17. The van der Waals surface area contributed by atoms with Crippen LogP contribution in [0.3, 0.4) is 0 Å². The fraction of sp³-hybridized carbons (Fsp3) is 0.714. The molecule has 1 aliphatic rings. The third-order valence-corrected chi connectivity index (χ3v) is 2.17. The van der Waals surface area contributed by atoms with Gasteiger partial charge in [-0.3, -0.25) is 0 Å². The summed E-state index contributed by atoms with van der Waals surface area (Å²) in [6.07, 6.45) is -4.31. The van der Waals surface area contributed by atoms with Crippen LogP contribution in [0.2, 0.25) is 0 Å². The van der Waals surface area contributed by atoms with Crippen LogP contribution in [0.25, 0.3) is 0 Å². The molecule has 0 saturated heterocycles. The third-order valence-electron chi connectivity index (χ3n) is 2.17. The molecule has 5 heteroatoms. The van der Waals surface area contributed by atoms with Gasteiger partial charge in [0.15, 0.2) is 0 Å². The summed E-state index contributed by atoms with van der Waals surface area (Å²) in [4.78, 5) is 0. The van der Waals surface area contributed by atoms with Gasteiger partial charge in [-0.05, 0) is 6.92 Å². The number of allylic oxidation sites excluding steroid dienone is 2. The quantitative estimate of drug-likeness (QED) is 0.402. The Morgan fingerprint density at radius 2 is 1.75 bits per heavy atom. The van der Waals surface area contributed by atoms with E-state index in [2.05, 4.69) is 0 Å². The fourth-order valence-corrected chi connectivity index (χ4v) is 1.08. The summed E-state index contributed by atoms with van der Waals surface area (Å²) in [5.74, 6) is -3.70. The molecule has 1 aliphatic carbocycles. The van der Waals surface area contributed by atoms with Crippen molar-refractivity contribution in [2.24, 2.45) is 5.41 Å². The van der Waals surface area contributed by atoms with Crippen molar-refractivity contribution in [2.45, 2.75) is 25.4 Å². The van der Waals surface area contributed by atoms with Crippen LogP contribution in [0, 0.1) is 5.41 Å². The molecule has 0 fully saturated rings. The average molecular weight is 186 g/mol. The SMILES string of the molecule is CC1(C(F)(F)F)C=CCC1(F)F. The summed E-state index contributed by atoms with van der Waals surface area (Å²) in [6, 6.07) is 0. The first-order valence-corrected chi connectivity index (χ1v) is 3.33. The van der Waals surface area contributed by atoms with E-state index in [9.17, 15) is 22.0 Å². The molecular weight excluding hydrogens is 179 g/mol. The molecule has 0 N–H and O–H groups in total. The summed E-state index contributed by atoms with van der Waals surface area (Å²) in [7, 11) is 0. The van der Waals surface area contributed by atoms with Crippen molar-refractivity contribution in [3.8, 4) is 0 Å². The molecule has 0 aromatic rings. The third kappa shape index (κ3) is 1.03. The highest BCUT2D eigenvalue weighted by atomic mass is 19.4. The molecule has 0 amide bonds. The minimum absolute atomic E-state index is 0.510. The van der Waals surface area contributed by atoms with E-state index in [0.29, 0.717) is 13.0 Å². The van der Waals surface area contributed by atoms with Crippen molar-refractivity contribution in [3.05, 3.63) is 12.2 Å². The highest BCUT2D eigenvalue weighted by Gasteiger charge is 2.66. The van der Waals surface area contributed by atoms with Crippen LogP contribution in [-0.2, 0) is 0 Å². The molecule has 0 radical (unpaired) electrons. The van der Waals surface area contributed by atoms with E-state index in [1.54, 1.807) is 0 Å². The maximum atomic E-state index is 12.7. The summed E-state index contributed by atoms with van der Waals surface area (Å²) < 4.78 is 61.7. The first-order valence-electron chi connectivity index (χ1n) is 3.33. The van der Waals surface area contributed by atoms with E-state index in [1.807, 2.05) is 0 Å². The predicted octanol–water partition coefficient (Wildman–Crippen LogP) is 3.15. The molecule has 0 saturated carbocycles. The molecule has 1 atom stereocenters. The van der Waals surface area contributed by atoms with Gasteiger partial charge in [-0.1, -0.05) is 12.2 Å². The minimum atomic E-state index is -4.89. The number of alkyl halides is 5. The monoisotopic (exact) mass is 186 g/mol. The molecule has 0 heterocycles. The van der Waals surface area contributed by atoms with E-state index in [-0.39, 0.29) is 0 Å². The molecular formula is C7H7F5. The lowest BCUT2D eigenvalue weighted by molar-refractivity contribution is -0.265. The van der Waals surface area contributed by atoms with Crippen molar-refractivity contribution in [1.29, 1.82) is 0 Å². The number of hydrogen-bond donors (Lipinski definition) is 0. The van der Waals surface area contributed by atoms with Gasteiger partial charge in [0.05, 0.1) is 0 Å². The lowest BCUT2D eigenvalue weighted by Gasteiger charge is -2.32. The van der Waals surface area contributed by atoms with Crippen LogP contribution in [-0.4, -0.2) is 12.1 Å². The van der Waals surface area contributed by atoms with Crippen molar-refractivity contribution in [1.82, 2.24) is 0 Å². The van der Waals surface area contributed by atoms with Crippen LogP contribution < -0.4 is 0 Å². The van der Waals surface area contributed by atoms with E-state index < -0.39 is 23.9 Å². The maximum absolute atomic E-state index is 12.7. The molecule has 0 aromatic carbocycles. The molecule has 0 aromatic heterocycles. The van der Waals surface area contributed by atoms with Crippen molar-refractivity contribution in [3.63, 3.8) is 0 Å². The van der Waals surface area contributed by atoms with E-state index >= 15 is 0 Å². The van der Waals surface area contributed by atoms with Gasteiger partial charge < -0.3 is 0 Å². The summed E-state index contributed by atoms with van der Waals surface area (Å²) in [5.41, 5.74) is -2.99. The van der Waals surface area contributed by atoms with Gasteiger partial charge in [-0.25, -0.2) is 8.78 Å². The molecule has 0 nitrogen and oxygen atoms in total. The second-order valence-electron chi connectivity index (χ2n) is 3.01. The Balaban J connectivity index is 3.06. The van der Waals surface area contributed by atoms with Gasteiger partial charge in [0, 0.05) is 6.42 Å². The standard InChI is InChI=1S/C7H7F5/c1-5(7(10,11)12)3-2-4-6(5,8)9/h2-3H,4H2,1H3. The Morgan fingerprint density at radius 3 is 1.92 bits per heavy atom. The summed E-state index contributed by atoms with van der Waals surface area (Å²) >= 11 is 0. The zero-order chi connectivity index (χ0) is 9.62. The molecule has 0 spiro atoms. The predicted molar refractivity (Wildman–Crippen MR) is 32.9 cm³/mol. The molecule has 1 rings (SSSR count). The molecule has 1 unspecified atom stereocenters. The van der Waals surface area contributed by atoms with Gasteiger partial charge in [-0.15, -0.1) is 0 Å². The maximum Gasteiger partial charge on any atom is 0.403 e. The summed E-state index contributed by atoms with van der Waals surface area (Å²) in [5, 5.41) is 0. The van der Waals surface area contributed by atoms with Crippen LogP contribution in [0.1, 0.15) is 13.3 Å². The van der Waals surface area contributed by atoms with E-state index in [4.69, 9.17) is 0 Å². The first kappa shape index (κ1) is 9.48. The molecule has 0 bridgehead atoms. The van der Waals surface area contributed by atoms with Gasteiger partial charge in [0.25, 0.3) is 5.92 Å². The number of halogens is 5. The van der Waals surface area contributed by atoms with E-state index in [1.165, 1.54) is 0 Å². The molecule has 0 aliphatic heterocycles. The highest BCUT2D eigenvalue weighted by Crippen LogP contribution is 2.54. The number of rotatable bonds is 0. The topological polar surface area (TPSA) is 0 Å². The van der Waals surface area contributed by atoms with E-state index in [0.717, 1.165) is 6.08 Å². The van der Waals surface area contributed by atoms with Crippen LogP contribution in [0.4, 0.5) is 22.0 Å².